The van der Waals surface area contributed by atoms with E-state index in [9.17, 15) is 13.2 Å². The van der Waals surface area contributed by atoms with Crippen LogP contribution in [0.3, 0.4) is 0 Å². The third-order valence-corrected chi connectivity index (χ3v) is 2.22. The molecule has 1 heterocycles. The summed E-state index contributed by atoms with van der Waals surface area (Å²) in [4.78, 5) is 0. The van der Waals surface area contributed by atoms with Gasteiger partial charge >= 0.3 is 6.18 Å². The van der Waals surface area contributed by atoms with E-state index in [1.807, 2.05) is 6.92 Å². The van der Waals surface area contributed by atoms with Gasteiger partial charge in [-0.15, -0.1) is 0 Å². The molecule has 0 radical (unpaired) electrons. The van der Waals surface area contributed by atoms with Crippen molar-refractivity contribution >= 4 is 5.69 Å². The number of ether oxygens (including phenoxy) is 1. The number of aromatic nitrogens is 2. The second kappa shape index (κ2) is 5.29. The van der Waals surface area contributed by atoms with Gasteiger partial charge in [0.15, 0.2) is 0 Å². The second-order valence-electron chi connectivity index (χ2n) is 3.75. The second-order valence-corrected chi connectivity index (χ2v) is 3.75. The number of hydrogen-bond acceptors (Lipinski definition) is 3. The zero-order valence-corrected chi connectivity index (χ0v) is 9.84. The zero-order chi connectivity index (χ0) is 13.1. The maximum Gasteiger partial charge on any atom is 0.392 e. The van der Waals surface area contributed by atoms with Crippen LogP contribution in [0.2, 0.25) is 0 Å². The van der Waals surface area contributed by atoms with Crippen LogP contribution in [0.5, 0.6) is 5.88 Å². The van der Waals surface area contributed by atoms with Crippen molar-refractivity contribution in [2.45, 2.75) is 32.4 Å². The number of alkyl halides is 3. The number of aryl methyl sites for hydroxylation is 2. The summed E-state index contributed by atoms with van der Waals surface area (Å²) in [5, 5.41) is 4.10. The molecule has 0 bridgehead atoms. The molecule has 0 unspecified atom stereocenters. The lowest BCUT2D eigenvalue weighted by Crippen LogP contribution is -2.14. The van der Waals surface area contributed by atoms with Gasteiger partial charge in [0, 0.05) is 7.05 Å². The van der Waals surface area contributed by atoms with Gasteiger partial charge in [-0.2, -0.15) is 18.3 Å². The van der Waals surface area contributed by atoms with Crippen LogP contribution in [0.15, 0.2) is 0 Å². The Kier molecular flexibility index (Phi) is 4.25. The van der Waals surface area contributed by atoms with Crippen LogP contribution in [-0.4, -0.2) is 22.6 Å². The van der Waals surface area contributed by atoms with Crippen LogP contribution in [0.1, 0.15) is 25.5 Å². The number of halogens is 3. The highest BCUT2D eigenvalue weighted by Crippen LogP contribution is 2.27. The van der Waals surface area contributed by atoms with E-state index in [0.29, 0.717) is 17.8 Å². The van der Waals surface area contributed by atoms with Crippen LogP contribution in [0.25, 0.3) is 0 Å². The predicted octanol–water partition coefficient (Wildman–Crippen LogP) is 2.29. The number of rotatable bonds is 5. The van der Waals surface area contributed by atoms with Crippen LogP contribution in [-0.2, 0) is 13.5 Å². The maximum atomic E-state index is 12.0. The summed E-state index contributed by atoms with van der Waals surface area (Å²) in [6.07, 6.45) is -3.67. The highest BCUT2D eigenvalue weighted by Gasteiger charge is 2.27. The third kappa shape index (κ3) is 3.83. The van der Waals surface area contributed by atoms with Crippen molar-refractivity contribution in [1.82, 2.24) is 9.78 Å². The Labute approximate surface area is 97.5 Å². The largest absolute Gasteiger partial charge is 0.476 e. The van der Waals surface area contributed by atoms with Crippen molar-refractivity contribution in [2.24, 2.45) is 7.05 Å². The fourth-order valence-corrected chi connectivity index (χ4v) is 1.43. The van der Waals surface area contributed by atoms with Crippen LogP contribution >= 0.6 is 0 Å². The van der Waals surface area contributed by atoms with Gasteiger partial charge in [-0.3, -0.25) is 0 Å². The van der Waals surface area contributed by atoms with E-state index in [2.05, 4.69) is 5.10 Å². The minimum atomic E-state index is -4.22. The summed E-state index contributed by atoms with van der Waals surface area (Å²) in [7, 11) is 1.60. The quantitative estimate of drug-likeness (QED) is 0.873. The van der Waals surface area contributed by atoms with Crippen LogP contribution in [0.4, 0.5) is 18.9 Å². The fraction of sp³-hybridized carbons (Fsp3) is 0.700. The Hall–Kier alpha value is -1.40. The van der Waals surface area contributed by atoms with E-state index in [4.69, 9.17) is 10.5 Å². The molecule has 1 rings (SSSR count). The molecule has 0 saturated heterocycles. The van der Waals surface area contributed by atoms with Crippen LogP contribution < -0.4 is 10.5 Å². The monoisotopic (exact) mass is 251 g/mol. The highest BCUT2D eigenvalue weighted by molar-refractivity contribution is 5.53. The molecule has 0 aromatic carbocycles. The van der Waals surface area contributed by atoms with Gasteiger partial charge in [-0.25, -0.2) is 4.68 Å². The molecule has 17 heavy (non-hydrogen) atoms. The summed E-state index contributed by atoms with van der Waals surface area (Å²) in [5.41, 5.74) is 6.74. The van der Waals surface area contributed by atoms with Crippen molar-refractivity contribution in [1.29, 1.82) is 0 Å². The van der Waals surface area contributed by atoms with Crippen molar-refractivity contribution in [2.75, 3.05) is 12.3 Å². The lowest BCUT2D eigenvalue weighted by Gasteiger charge is -2.09. The normalized spacial score (nSPS) is 11.8. The predicted molar refractivity (Wildman–Crippen MR) is 57.8 cm³/mol. The molecule has 4 nitrogen and oxygen atoms in total. The average Bonchev–Trinajstić information content (AvgIpc) is 2.44. The molecule has 0 aliphatic heterocycles. The molecule has 98 valence electrons. The number of hydrogen-bond donors (Lipinski definition) is 1. The van der Waals surface area contributed by atoms with Gasteiger partial charge in [0.1, 0.15) is 5.69 Å². The van der Waals surface area contributed by atoms with Crippen molar-refractivity contribution in [3.05, 3.63) is 5.69 Å². The molecular weight excluding hydrogens is 235 g/mol. The number of nitrogens with two attached hydrogens (primary N) is 1. The van der Waals surface area contributed by atoms with Gasteiger partial charge in [0.2, 0.25) is 5.88 Å². The van der Waals surface area contributed by atoms with Gasteiger partial charge in [-0.1, -0.05) is 13.3 Å². The fourth-order valence-electron chi connectivity index (χ4n) is 1.43. The highest BCUT2D eigenvalue weighted by atomic mass is 19.4. The van der Waals surface area contributed by atoms with Gasteiger partial charge < -0.3 is 10.5 Å². The standard InChI is InChI=1S/C10H16F3N3O/c1-3-4-7-8(14)9(16(2)15-7)17-6-5-10(11,12)13/h3-6,14H2,1-2H3. The molecule has 0 spiro atoms. The third-order valence-electron chi connectivity index (χ3n) is 2.22. The summed E-state index contributed by atoms with van der Waals surface area (Å²) < 4.78 is 42.3. The smallest absolute Gasteiger partial charge is 0.392 e. The number of nitrogen functional groups attached to an aromatic ring is 1. The van der Waals surface area contributed by atoms with E-state index < -0.39 is 19.2 Å². The minimum Gasteiger partial charge on any atom is -0.476 e. The minimum absolute atomic E-state index is 0.206. The molecular formula is C10H16F3N3O. The molecule has 0 amide bonds. The zero-order valence-electron chi connectivity index (χ0n) is 9.84. The van der Waals surface area contributed by atoms with Gasteiger partial charge in [0.25, 0.3) is 0 Å². The Morgan fingerprint density at radius 1 is 1.41 bits per heavy atom. The first-order valence-electron chi connectivity index (χ1n) is 5.36. The summed E-state index contributed by atoms with van der Waals surface area (Å²) in [5.74, 6) is 0.206. The lowest BCUT2D eigenvalue weighted by molar-refractivity contribution is -0.139. The lowest BCUT2D eigenvalue weighted by atomic mass is 10.2. The first kappa shape index (κ1) is 13.7. The summed E-state index contributed by atoms with van der Waals surface area (Å²) >= 11 is 0. The molecule has 0 fully saturated rings. The summed E-state index contributed by atoms with van der Waals surface area (Å²) in [6.45, 7) is 1.52. The SMILES string of the molecule is CCCc1nn(C)c(OCCC(F)(F)F)c1N. The Bertz CT molecular complexity index is 374. The molecule has 0 aliphatic carbocycles. The topological polar surface area (TPSA) is 53.1 Å². The van der Waals surface area contributed by atoms with Gasteiger partial charge in [-0.05, 0) is 6.42 Å². The van der Waals surface area contributed by atoms with Crippen molar-refractivity contribution in [3.63, 3.8) is 0 Å². The molecule has 1 aromatic rings. The van der Waals surface area contributed by atoms with E-state index in [-0.39, 0.29) is 5.88 Å². The van der Waals surface area contributed by atoms with E-state index >= 15 is 0 Å². The van der Waals surface area contributed by atoms with E-state index in [1.54, 1.807) is 7.05 Å². The molecule has 1 aromatic heterocycles. The van der Waals surface area contributed by atoms with E-state index in [0.717, 1.165) is 6.42 Å². The van der Waals surface area contributed by atoms with Crippen LogP contribution in [0, 0.1) is 0 Å². The first-order chi connectivity index (χ1) is 7.85. The number of nitrogens with zero attached hydrogens (tertiary/aromatic N) is 2. The Balaban J connectivity index is 2.65. The summed E-state index contributed by atoms with van der Waals surface area (Å²) in [6, 6.07) is 0. The molecule has 0 saturated carbocycles. The van der Waals surface area contributed by atoms with Gasteiger partial charge in [0.05, 0.1) is 18.7 Å². The van der Waals surface area contributed by atoms with Crippen molar-refractivity contribution < 1.29 is 17.9 Å². The number of anilines is 1. The molecule has 0 atom stereocenters. The molecule has 2 N–H and O–H groups in total. The maximum absolute atomic E-state index is 12.0. The first-order valence-corrected chi connectivity index (χ1v) is 5.36. The molecule has 0 aliphatic rings. The Morgan fingerprint density at radius 3 is 2.59 bits per heavy atom. The molecule has 7 heteroatoms. The van der Waals surface area contributed by atoms with Crippen molar-refractivity contribution in [3.8, 4) is 5.88 Å². The Morgan fingerprint density at radius 2 is 2.06 bits per heavy atom. The average molecular weight is 251 g/mol. The van der Waals surface area contributed by atoms with E-state index in [1.165, 1.54) is 4.68 Å².